The van der Waals surface area contributed by atoms with Gasteiger partial charge in [-0.05, 0) is 6.42 Å². The van der Waals surface area contributed by atoms with Crippen LogP contribution in [0.4, 0.5) is 0 Å². The molecule has 1 heterocycles. The van der Waals surface area contributed by atoms with Crippen LogP contribution in [0.3, 0.4) is 0 Å². The smallest absolute Gasteiger partial charge is 0.0404 e. The number of rotatable bonds is 1. The zero-order valence-corrected chi connectivity index (χ0v) is 7.15. The summed E-state index contributed by atoms with van der Waals surface area (Å²) < 4.78 is 0. The molecule has 1 aliphatic heterocycles. The van der Waals surface area contributed by atoms with Gasteiger partial charge in [0, 0.05) is 18.6 Å². The van der Waals surface area contributed by atoms with Gasteiger partial charge in [0.05, 0.1) is 0 Å². The van der Waals surface area contributed by atoms with Gasteiger partial charge in [-0.3, -0.25) is 0 Å². The predicted octanol–water partition coefficient (Wildman–Crippen LogP) is 0.541. The Balaban J connectivity index is 0. The van der Waals surface area contributed by atoms with Crippen LogP contribution in [-0.2, 0) is 0 Å². The minimum absolute atomic E-state index is 0. The second kappa shape index (κ2) is 4.34. The Labute approximate surface area is 68.4 Å². The van der Waals surface area contributed by atoms with Crippen molar-refractivity contribution >= 4 is 24.8 Å². The molecule has 0 aromatic carbocycles. The third-order valence-electron chi connectivity index (χ3n) is 1.66. The van der Waals surface area contributed by atoms with Crippen LogP contribution in [0.1, 0.15) is 13.3 Å². The standard InChI is InChI=1S/C5H12N2.2ClH/c1-2-5(6)3-7-4-5;;/h7H,2-4,6H2,1H3;2*1H. The third-order valence-corrected chi connectivity index (χ3v) is 1.66. The molecule has 0 unspecified atom stereocenters. The summed E-state index contributed by atoms with van der Waals surface area (Å²) in [4.78, 5) is 0. The molecule has 0 saturated carbocycles. The summed E-state index contributed by atoms with van der Waals surface area (Å²) in [6.45, 7) is 4.13. The van der Waals surface area contributed by atoms with Crippen molar-refractivity contribution in [1.82, 2.24) is 5.32 Å². The van der Waals surface area contributed by atoms with Crippen molar-refractivity contribution < 1.29 is 0 Å². The Morgan fingerprint density at radius 2 is 1.89 bits per heavy atom. The highest BCUT2D eigenvalue weighted by atomic mass is 35.5. The lowest BCUT2D eigenvalue weighted by molar-refractivity contribution is 0.272. The fourth-order valence-electron chi connectivity index (χ4n) is 0.696. The molecule has 1 aliphatic rings. The highest BCUT2D eigenvalue weighted by Crippen LogP contribution is 2.09. The first-order chi connectivity index (χ1) is 3.27. The van der Waals surface area contributed by atoms with E-state index in [1.165, 1.54) is 0 Å². The zero-order chi connectivity index (χ0) is 5.33. The lowest BCUT2D eigenvalue weighted by Gasteiger charge is -2.38. The highest BCUT2D eigenvalue weighted by molar-refractivity contribution is 5.85. The minimum Gasteiger partial charge on any atom is -0.323 e. The number of nitrogens with two attached hydrogens (primary N) is 1. The average Bonchev–Trinajstić information content (AvgIpc) is 1.61. The molecule has 9 heavy (non-hydrogen) atoms. The number of hydrogen-bond donors (Lipinski definition) is 2. The maximum atomic E-state index is 5.74. The van der Waals surface area contributed by atoms with Crippen LogP contribution in [0.5, 0.6) is 0 Å². The van der Waals surface area contributed by atoms with Crippen molar-refractivity contribution in [3.05, 3.63) is 0 Å². The zero-order valence-electron chi connectivity index (χ0n) is 5.52. The van der Waals surface area contributed by atoms with Gasteiger partial charge in [0.15, 0.2) is 0 Å². The number of hydrogen-bond acceptors (Lipinski definition) is 2. The van der Waals surface area contributed by atoms with Gasteiger partial charge in [0.1, 0.15) is 0 Å². The molecule has 0 spiro atoms. The van der Waals surface area contributed by atoms with Crippen molar-refractivity contribution in [2.45, 2.75) is 18.9 Å². The summed E-state index contributed by atoms with van der Waals surface area (Å²) in [5, 5.41) is 3.13. The van der Waals surface area contributed by atoms with E-state index in [1.54, 1.807) is 0 Å². The quantitative estimate of drug-likeness (QED) is 0.607. The van der Waals surface area contributed by atoms with E-state index in [9.17, 15) is 0 Å². The lowest BCUT2D eigenvalue weighted by atomic mass is 9.91. The van der Waals surface area contributed by atoms with Gasteiger partial charge >= 0.3 is 0 Å². The molecule has 3 N–H and O–H groups in total. The summed E-state index contributed by atoms with van der Waals surface area (Å²) >= 11 is 0. The van der Waals surface area contributed by atoms with E-state index in [0.717, 1.165) is 19.5 Å². The van der Waals surface area contributed by atoms with Crippen molar-refractivity contribution in [3.8, 4) is 0 Å². The average molecular weight is 173 g/mol. The van der Waals surface area contributed by atoms with E-state index in [4.69, 9.17) is 5.73 Å². The summed E-state index contributed by atoms with van der Waals surface area (Å²) in [5.74, 6) is 0. The first-order valence-electron chi connectivity index (χ1n) is 2.76. The largest absolute Gasteiger partial charge is 0.323 e. The molecule has 1 fully saturated rings. The summed E-state index contributed by atoms with van der Waals surface area (Å²) in [7, 11) is 0. The van der Waals surface area contributed by atoms with Gasteiger partial charge in [-0.2, -0.15) is 0 Å². The van der Waals surface area contributed by atoms with Crippen molar-refractivity contribution in [1.29, 1.82) is 0 Å². The van der Waals surface area contributed by atoms with E-state index in [2.05, 4.69) is 12.2 Å². The molecule has 1 saturated heterocycles. The Morgan fingerprint density at radius 1 is 1.44 bits per heavy atom. The fraction of sp³-hybridized carbons (Fsp3) is 1.00. The van der Waals surface area contributed by atoms with E-state index in [1.807, 2.05) is 0 Å². The van der Waals surface area contributed by atoms with Crippen LogP contribution in [0.15, 0.2) is 0 Å². The van der Waals surface area contributed by atoms with Crippen LogP contribution in [0, 0.1) is 0 Å². The van der Waals surface area contributed by atoms with Gasteiger partial charge in [0.25, 0.3) is 0 Å². The second-order valence-corrected chi connectivity index (χ2v) is 2.32. The van der Waals surface area contributed by atoms with Gasteiger partial charge in [-0.25, -0.2) is 0 Å². The van der Waals surface area contributed by atoms with Crippen LogP contribution >= 0.6 is 24.8 Å². The van der Waals surface area contributed by atoms with Crippen LogP contribution in [0.25, 0.3) is 0 Å². The minimum atomic E-state index is 0. The Bertz CT molecular complexity index is 67.8. The maximum Gasteiger partial charge on any atom is 0.0404 e. The molecule has 0 bridgehead atoms. The van der Waals surface area contributed by atoms with E-state index in [-0.39, 0.29) is 30.4 Å². The van der Waals surface area contributed by atoms with Crippen molar-refractivity contribution in [2.24, 2.45) is 5.73 Å². The van der Waals surface area contributed by atoms with Gasteiger partial charge in [-0.1, -0.05) is 6.92 Å². The summed E-state index contributed by atoms with van der Waals surface area (Å²) in [6, 6.07) is 0. The third kappa shape index (κ3) is 2.72. The number of nitrogens with one attached hydrogen (secondary N) is 1. The Kier molecular flexibility index (Phi) is 5.88. The van der Waals surface area contributed by atoms with Gasteiger partial charge < -0.3 is 11.1 Å². The Morgan fingerprint density at radius 3 is 1.89 bits per heavy atom. The molecule has 2 nitrogen and oxygen atoms in total. The fourth-order valence-corrected chi connectivity index (χ4v) is 0.696. The second-order valence-electron chi connectivity index (χ2n) is 2.32. The molecule has 0 radical (unpaired) electrons. The number of halogens is 2. The van der Waals surface area contributed by atoms with Gasteiger partial charge in [-0.15, -0.1) is 24.8 Å². The predicted molar refractivity (Wildman–Crippen MR) is 44.6 cm³/mol. The molecule has 0 atom stereocenters. The molecule has 0 aromatic heterocycles. The first-order valence-corrected chi connectivity index (χ1v) is 2.76. The molecular formula is C5H14Cl2N2. The molecule has 58 valence electrons. The van der Waals surface area contributed by atoms with Crippen molar-refractivity contribution in [2.75, 3.05) is 13.1 Å². The summed E-state index contributed by atoms with van der Waals surface area (Å²) in [6.07, 6.45) is 1.10. The van der Waals surface area contributed by atoms with E-state index >= 15 is 0 Å². The molecular weight excluding hydrogens is 159 g/mol. The molecule has 0 aromatic rings. The monoisotopic (exact) mass is 172 g/mol. The highest BCUT2D eigenvalue weighted by Gasteiger charge is 2.29. The topological polar surface area (TPSA) is 38.0 Å². The molecule has 1 rings (SSSR count). The van der Waals surface area contributed by atoms with Crippen LogP contribution < -0.4 is 11.1 Å². The van der Waals surface area contributed by atoms with E-state index < -0.39 is 0 Å². The lowest BCUT2D eigenvalue weighted by Crippen LogP contribution is -2.65. The van der Waals surface area contributed by atoms with Gasteiger partial charge in [0.2, 0.25) is 0 Å². The maximum absolute atomic E-state index is 5.74. The molecule has 0 aliphatic carbocycles. The molecule has 4 heteroatoms. The Hall–Kier alpha value is 0.500. The normalized spacial score (nSPS) is 20.7. The van der Waals surface area contributed by atoms with Crippen molar-refractivity contribution in [3.63, 3.8) is 0 Å². The van der Waals surface area contributed by atoms with E-state index in [0.29, 0.717) is 0 Å². The van der Waals surface area contributed by atoms with Crippen LogP contribution in [-0.4, -0.2) is 18.6 Å². The summed E-state index contributed by atoms with van der Waals surface area (Å²) in [5.41, 5.74) is 5.89. The molecule has 0 amide bonds. The SMILES string of the molecule is CCC1(N)CNC1.Cl.Cl. The van der Waals surface area contributed by atoms with Crippen LogP contribution in [0.2, 0.25) is 0 Å². The first kappa shape index (κ1) is 12.2.